The van der Waals surface area contributed by atoms with Crippen LogP contribution in [0.3, 0.4) is 0 Å². The fourth-order valence-electron chi connectivity index (χ4n) is 1.52. The van der Waals surface area contributed by atoms with Crippen LogP contribution in [0, 0.1) is 12.3 Å². The van der Waals surface area contributed by atoms with E-state index in [0.717, 1.165) is 19.4 Å². The Labute approximate surface area is 88.0 Å². The van der Waals surface area contributed by atoms with E-state index in [4.69, 9.17) is 21.4 Å². The Morgan fingerprint density at radius 1 is 1.67 bits per heavy atom. The first kappa shape index (κ1) is 10.1. The Hall–Kier alpha value is -1.38. The summed E-state index contributed by atoms with van der Waals surface area (Å²) in [6.07, 6.45) is 7.47. The highest BCUT2D eigenvalue weighted by Gasteiger charge is 2.24. The first-order valence-corrected chi connectivity index (χ1v) is 4.95. The third-order valence-corrected chi connectivity index (χ3v) is 2.33. The lowest BCUT2D eigenvalue weighted by Crippen LogP contribution is -2.10. The monoisotopic (exact) mass is 207 g/mol. The van der Waals surface area contributed by atoms with Crippen LogP contribution in [0.4, 0.5) is 0 Å². The van der Waals surface area contributed by atoms with E-state index in [-0.39, 0.29) is 12.1 Å². The topological polar surface area (TPSA) is 74.2 Å². The average Bonchev–Trinajstić information content (AvgIpc) is 2.89. The van der Waals surface area contributed by atoms with Crippen molar-refractivity contribution < 1.29 is 9.26 Å². The maximum atomic E-state index is 5.74. The second-order valence-corrected chi connectivity index (χ2v) is 3.51. The van der Waals surface area contributed by atoms with E-state index in [0.29, 0.717) is 18.1 Å². The summed E-state index contributed by atoms with van der Waals surface area (Å²) in [5, 5.41) is 3.84. The molecule has 1 aromatic rings. The fourth-order valence-corrected chi connectivity index (χ4v) is 1.52. The van der Waals surface area contributed by atoms with E-state index in [1.165, 1.54) is 0 Å². The van der Waals surface area contributed by atoms with Crippen LogP contribution in [0.15, 0.2) is 4.52 Å². The molecule has 1 aliphatic rings. The molecule has 1 aromatic heterocycles. The molecular formula is C10H13N3O2. The first-order valence-electron chi connectivity index (χ1n) is 4.95. The molecule has 2 atom stereocenters. The summed E-state index contributed by atoms with van der Waals surface area (Å²) in [6.45, 7) is 0.755. The molecule has 2 heterocycles. The van der Waals surface area contributed by atoms with Gasteiger partial charge < -0.3 is 15.0 Å². The SMILES string of the molecule is C#CCC(N)c1nc(C2CCCO2)no1. The van der Waals surface area contributed by atoms with Gasteiger partial charge in [-0.25, -0.2) is 0 Å². The second-order valence-electron chi connectivity index (χ2n) is 3.51. The molecule has 0 amide bonds. The molecule has 0 aromatic carbocycles. The van der Waals surface area contributed by atoms with Crippen molar-refractivity contribution in [3.8, 4) is 12.3 Å². The van der Waals surface area contributed by atoms with Gasteiger partial charge in [-0.15, -0.1) is 12.3 Å². The largest absolute Gasteiger partial charge is 0.370 e. The molecule has 5 nitrogen and oxygen atoms in total. The lowest BCUT2D eigenvalue weighted by Gasteiger charge is -2.01. The first-order chi connectivity index (χ1) is 7.31. The summed E-state index contributed by atoms with van der Waals surface area (Å²) in [7, 11) is 0. The van der Waals surface area contributed by atoms with Crippen molar-refractivity contribution in [1.82, 2.24) is 10.1 Å². The van der Waals surface area contributed by atoms with Gasteiger partial charge in [-0.2, -0.15) is 4.98 Å². The van der Waals surface area contributed by atoms with Gasteiger partial charge >= 0.3 is 0 Å². The number of rotatable bonds is 3. The molecule has 15 heavy (non-hydrogen) atoms. The average molecular weight is 207 g/mol. The molecule has 5 heteroatoms. The van der Waals surface area contributed by atoms with E-state index in [9.17, 15) is 0 Å². The normalized spacial score (nSPS) is 22.5. The highest BCUT2D eigenvalue weighted by atomic mass is 16.5. The minimum Gasteiger partial charge on any atom is -0.370 e. The van der Waals surface area contributed by atoms with E-state index in [2.05, 4.69) is 16.1 Å². The van der Waals surface area contributed by atoms with Crippen LogP contribution in [0.5, 0.6) is 0 Å². The van der Waals surface area contributed by atoms with Gasteiger partial charge in [0.1, 0.15) is 6.10 Å². The molecule has 2 rings (SSSR count). The molecule has 80 valence electrons. The number of hydrogen-bond acceptors (Lipinski definition) is 5. The molecular weight excluding hydrogens is 194 g/mol. The third kappa shape index (κ3) is 2.17. The van der Waals surface area contributed by atoms with Gasteiger partial charge in [0, 0.05) is 13.0 Å². The van der Waals surface area contributed by atoms with Crippen LogP contribution in [-0.2, 0) is 4.74 Å². The molecule has 0 aliphatic carbocycles. The highest BCUT2D eigenvalue weighted by molar-refractivity contribution is 5.00. The summed E-state index contributed by atoms with van der Waals surface area (Å²) in [6, 6.07) is -0.377. The quantitative estimate of drug-likeness (QED) is 0.747. The number of nitrogens with two attached hydrogens (primary N) is 1. The Morgan fingerprint density at radius 3 is 3.20 bits per heavy atom. The van der Waals surface area contributed by atoms with Crippen molar-refractivity contribution in [2.75, 3.05) is 6.61 Å². The standard InChI is InChI=1S/C10H13N3O2/c1-2-4-7(11)10-12-9(13-15-10)8-5-3-6-14-8/h1,7-8H,3-6,11H2. The van der Waals surface area contributed by atoms with Gasteiger partial charge in [-0.1, -0.05) is 5.16 Å². The molecule has 1 fully saturated rings. The van der Waals surface area contributed by atoms with Gasteiger partial charge in [0.05, 0.1) is 6.04 Å². The summed E-state index contributed by atoms with van der Waals surface area (Å²) in [4.78, 5) is 4.19. The summed E-state index contributed by atoms with van der Waals surface area (Å²) < 4.78 is 10.5. The molecule has 1 aliphatic heterocycles. The molecule has 0 spiro atoms. The van der Waals surface area contributed by atoms with Crippen LogP contribution in [0.1, 0.15) is 43.1 Å². The van der Waals surface area contributed by atoms with Crippen molar-refractivity contribution in [3.05, 3.63) is 11.7 Å². The van der Waals surface area contributed by atoms with Crippen LogP contribution < -0.4 is 5.73 Å². The Balaban J connectivity index is 2.06. The minimum atomic E-state index is -0.377. The Kier molecular flexibility index (Phi) is 2.99. The number of hydrogen-bond donors (Lipinski definition) is 1. The van der Waals surface area contributed by atoms with E-state index in [1.54, 1.807) is 0 Å². The van der Waals surface area contributed by atoms with E-state index in [1.807, 2.05) is 0 Å². The minimum absolute atomic E-state index is 0.0412. The predicted molar refractivity (Wildman–Crippen MR) is 52.6 cm³/mol. The van der Waals surface area contributed by atoms with Crippen LogP contribution in [-0.4, -0.2) is 16.7 Å². The van der Waals surface area contributed by atoms with Gasteiger partial charge in [-0.05, 0) is 12.8 Å². The number of aromatic nitrogens is 2. The summed E-state index contributed by atoms with van der Waals surface area (Å²) in [5.41, 5.74) is 5.74. The van der Waals surface area contributed by atoms with E-state index < -0.39 is 0 Å². The molecule has 1 saturated heterocycles. The zero-order chi connectivity index (χ0) is 10.7. The van der Waals surface area contributed by atoms with Crippen LogP contribution in [0.2, 0.25) is 0 Å². The number of nitrogens with zero attached hydrogens (tertiary/aromatic N) is 2. The number of terminal acetylenes is 1. The van der Waals surface area contributed by atoms with Crippen molar-refractivity contribution >= 4 is 0 Å². The van der Waals surface area contributed by atoms with Gasteiger partial charge in [0.15, 0.2) is 0 Å². The Bertz CT molecular complexity index is 363. The maximum absolute atomic E-state index is 5.74. The highest BCUT2D eigenvalue weighted by Crippen LogP contribution is 2.26. The number of ether oxygens (including phenoxy) is 1. The third-order valence-electron chi connectivity index (χ3n) is 2.33. The smallest absolute Gasteiger partial charge is 0.244 e. The van der Waals surface area contributed by atoms with Gasteiger partial charge in [0.2, 0.25) is 11.7 Å². The zero-order valence-electron chi connectivity index (χ0n) is 8.35. The second kappa shape index (κ2) is 4.43. The van der Waals surface area contributed by atoms with Crippen molar-refractivity contribution in [2.45, 2.75) is 31.4 Å². The van der Waals surface area contributed by atoms with Crippen LogP contribution in [0.25, 0.3) is 0 Å². The van der Waals surface area contributed by atoms with Crippen molar-refractivity contribution in [1.29, 1.82) is 0 Å². The lowest BCUT2D eigenvalue weighted by molar-refractivity contribution is 0.103. The van der Waals surface area contributed by atoms with Gasteiger partial charge in [0.25, 0.3) is 0 Å². The van der Waals surface area contributed by atoms with Gasteiger partial charge in [-0.3, -0.25) is 0 Å². The summed E-state index contributed by atoms with van der Waals surface area (Å²) in [5.74, 6) is 3.43. The van der Waals surface area contributed by atoms with Crippen LogP contribution >= 0.6 is 0 Å². The molecule has 0 bridgehead atoms. The summed E-state index contributed by atoms with van der Waals surface area (Å²) >= 11 is 0. The van der Waals surface area contributed by atoms with E-state index >= 15 is 0 Å². The molecule has 0 radical (unpaired) electrons. The zero-order valence-corrected chi connectivity index (χ0v) is 8.35. The molecule has 2 N–H and O–H groups in total. The van der Waals surface area contributed by atoms with Crippen molar-refractivity contribution in [2.24, 2.45) is 5.73 Å². The predicted octanol–water partition coefficient (Wildman–Crippen LogP) is 0.944. The van der Waals surface area contributed by atoms with Crippen molar-refractivity contribution in [3.63, 3.8) is 0 Å². The molecule has 0 saturated carbocycles. The Morgan fingerprint density at radius 2 is 2.53 bits per heavy atom. The maximum Gasteiger partial charge on any atom is 0.244 e. The lowest BCUT2D eigenvalue weighted by atomic mass is 10.2. The fraction of sp³-hybridized carbons (Fsp3) is 0.600. The molecule has 2 unspecified atom stereocenters.